The molecule has 0 saturated carbocycles. The highest BCUT2D eigenvalue weighted by Gasteiger charge is 2.16. The number of carbonyl (C=O) groups excluding carboxylic acids is 1. The van der Waals surface area contributed by atoms with Crippen molar-refractivity contribution in [3.05, 3.63) is 60.3 Å². The predicted octanol–water partition coefficient (Wildman–Crippen LogP) is 2.96. The SMILES string of the molecule is Cc1cc(C)c(C(=O)Cn2c(C)ncc(I)c2=O)c(C)c1. The van der Waals surface area contributed by atoms with E-state index in [2.05, 4.69) is 4.98 Å². The van der Waals surface area contributed by atoms with Crippen LogP contribution in [0.15, 0.2) is 23.1 Å². The molecule has 4 nitrogen and oxygen atoms in total. The quantitative estimate of drug-likeness (QED) is 0.592. The molecular formula is C16H17IN2O2. The zero-order valence-corrected chi connectivity index (χ0v) is 14.7. The van der Waals surface area contributed by atoms with E-state index >= 15 is 0 Å². The highest BCUT2D eigenvalue weighted by atomic mass is 127. The summed E-state index contributed by atoms with van der Waals surface area (Å²) in [5.41, 5.74) is 3.55. The van der Waals surface area contributed by atoms with Crippen LogP contribution in [0, 0.1) is 31.3 Å². The van der Waals surface area contributed by atoms with Crippen molar-refractivity contribution in [2.75, 3.05) is 0 Å². The van der Waals surface area contributed by atoms with Crippen molar-refractivity contribution in [1.29, 1.82) is 0 Å². The smallest absolute Gasteiger partial charge is 0.267 e. The van der Waals surface area contributed by atoms with Crippen LogP contribution in [0.1, 0.15) is 32.9 Å². The van der Waals surface area contributed by atoms with Crippen LogP contribution in [-0.2, 0) is 6.54 Å². The number of ketones is 1. The maximum absolute atomic E-state index is 12.6. The standard InChI is InChI=1S/C16H17IN2O2/c1-9-5-10(2)15(11(3)6-9)14(20)8-19-12(4)18-7-13(17)16(19)21/h5-7H,8H2,1-4H3. The second-order valence-corrected chi connectivity index (χ2v) is 6.40. The van der Waals surface area contributed by atoms with Gasteiger partial charge in [0.05, 0.1) is 10.1 Å². The number of aromatic nitrogens is 2. The van der Waals surface area contributed by atoms with Gasteiger partial charge in [-0.15, -0.1) is 0 Å². The molecule has 0 radical (unpaired) electrons. The van der Waals surface area contributed by atoms with Crippen molar-refractivity contribution in [1.82, 2.24) is 9.55 Å². The number of aryl methyl sites for hydroxylation is 4. The highest BCUT2D eigenvalue weighted by Crippen LogP contribution is 2.17. The molecule has 0 N–H and O–H groups in total. The second kappa shape index (κ2) is 6.09. The van der Waals surface area contributed by atoms with Crippen molar-refractivity contribution < 1.29 is 4.79 Å². The average molecular weight is 396 g/mol. The van der Waals surface area contributed by atoms with Crippen LogP contribution in [0.2, 0.25) is 0 Å². The minimum absolute atomic E-state index is 0.0270. The normalized spacial score (nSPS) is 10.7. The van der Waals surface area contributed by atoms with Crippen LogP contribution < -0.4 is 5.56 Å². The number of hydrogen-bond acceptors (Lipinski definition) is 3. The Balaban J connectivity index is 2.45. The van der Waals surface area contributed by atoms with Crippen molar-refractivity contribution >= 4 is 28.4 Å². The summed E-state index contributed by atoms with van der Waals surface area (Å²) < 4.78 is 1.95. The fraction of sp³-hybridized carbons (Fsp3) is 0.312. The van der Waals surface area contributed by atoms with Crippen LogP contribution in [0.4, 0.5) is 0 Å². The van der Waals surface area contributed by atoms with Gasteiger partial charge in [-0.25, -0.2) is 4.98 Å². The second-order valence-electron chi connectivity index (χ2n) is 5.24. The van der Waals surface area contributed by atoms with Crippen LogP contribution in [0.25, 0.3) is 0 Å². The predicted molar refractivity (Wildman–Crippen MR) is 90.9 cm³/mol. The lowest BCUT2D eigenvalue weighted by Gasteiger charge is -2.13. The van der Waals surface area contributed by atoms with Gasteiger partial charge in [-0.2, -0.15) is 0 Å². The maximum Gasteiger partial charge on any atom is 0.267 e. The van der Waals surface area contributed by atoms with E-state index in [0.29, 0.717) is 15.0 Å². The Morgan fingerprint density at radius 1 is 1.19 bits per heavy atom. The van der Waals surface area contributed by atoms with Gasteiger partial charge >= 0.3 is 0 Å². The lowest BCUT2D eigenvalue weighted by Crippen LogP contribution is -2.29. The molecule has 0 fully saturated rings. The van der Waals surface area contributed by atoms with Gasteiger partial charge in [0.25, 0.3) is 5.56 Å². The van der Waals surface area contributed by atoms with Gasteiger partial charge < -0.3 is 0 Å². The molecule has 0 spiro atoms. The van der Waals surface area contributed by atoms with Crippen molar-refractivity contribution in [3.8, 4) is 0 Å². The molecule has 1 aromatic carbocycles. The minimum Gasteiger partial charge on any atom is -0.292 e. The Labute approximate surface area is 137 Å². The molecule has 0 saturated heterocycles. The van der Waals surface area contributed by atoms with E-state index in [1.807, 2.05) is 55.5 Å². The Bertz CT molecular complexity index is 755. The number of hydrogen-bond donors (Lipinski definition) is 0. The topological polar surface area (TPSA) is 52.0 Å². The number of halogens is 1. The van der Waals surface area contributed by atoms with E-state index in [1.165, 1.54) is 10.8 Å². The molecule has 0 aliphatic carbocycles. The lowest BCUT2D eigenvalue weighted by molar-refractivity contribution is 0.0968. The summed E-state index contributed by atoms with van der Waals surface area (Å²) >= 11 is 1.94. The van der Waals surface area contributed by atoms with Crippen LogP contribution in [-0.4, -0.2) is 15.3 Å². The van der Waals surface area contributed by atoms with Gasteiger partial charge in [-0.3, -0.25) is 14.2 Å². The third-order valence-corrected chi connectivity index (χ3v) is 4.20. The summed E-state index contributed by atoms with van der Waals surface area (Å²) in [6.07, 6.45) is 1.53. The molecular weight excluding hydrogens is 379 g/mol. The summed E-state index contributed by atoms with van der Waals surface area (Å²) in [7, 11) is 0. The molecule has 0 aliphatic heterocycles. The summed E-state index contributed by atoms with van der Waals surface area (Å²) in [5, 5.41) is 0. The third-order valence-electron chi connectivity index (χ3n) is 3.46. The molecule has 0 amide bonds. The van der Waals surface area contributed by atoms with Gasteiger partial charge in [0.15, 0.2) is 5.78 Å². The third kappa shape index (κ3) is 3.23. The molecule has 0 bridgehead atoms. The maximum atomic E-state index is 12.6. The highest BCUT2D eigenvalue weighted by molar-refractivity contribution is 14.1. The molecule has 0 unspecified atom stereocenters. The van der Waals surface area contributed by atoms with Gasteiger partial charge in [0, 0.05) is 11.8 Å². The Kier molecular flexibility index (Phi) is 4.61. The first kappa shape index (κ1) is 15.9. The fourth-order valence-corrected chi connectivity index (χ4v) is 3.01. The summed E-state index contributed by atoms with van der Waals surface area (Å²) in [5.74, 6) is 0.496. The molecule has 1 aromatic heterocycles. The molecule has 1 heterocycles. The number of carbonyl (C=O) groups is 1. The van der Waals surface area contributed by atoms with Crippen LogP contribution in [0.5, 0.6) is 0 Å². The zero-order valence-electron chi connectivity index (χ0n) is 12.5. The van der Waals surface area contributed by atoms with E-state index in [1.54, 1.807) is 6.92 Å². The first-order chi connectivity index (χ1) is 9.81. The largest absolute Gasteiger partial charge is 0.292 e. The first-order valence-electron chi connectivity index (χ1n) is 6.64. The number of Topliss-reactive ketones (excluding diaryl/α,β-unsaturated/α-hetero) is 1. The average Bonchev–Trinajstić information content (AvgIpc) is 2.38. The Hall–Kier alpha value is -1.50. The van der Waals surface area contributed by atoms with Gasteiger partial charge in [0.1, 0.15) is 5.82 Å². The molecule has 2 rings (SSSR count). The van der Waals surface area contributed by atoms with Crippen LogP contribution >= 0.6 is 22.6 Å². The van der Waals surface area contributed by atoms with E-state index in [9.17, 15) is 9.59 Å². The molecule has 0 atom stereocenters. The molecule has 2 aromatic rings. The van der Waals surface area contributed by atoms with E-state index < -0.39 is 0 Å². The number of nitrogens with zero attached hydrogens (tertiary/aromatic N) is 2. The van der Waals surface area contributed by atoms with E-state index in [4.69, 9.17) is 0 Å². The molecule has 5 heteroatoms. The van der Waals surface area contributed by atoms with Gasteiger partial charge in [-0.05, 0) is 61.4 Å². The van der Waals surface area contributed by atoms with Gasteiger partial charge in [-0.1, -0.05) is 17.7 Å². The van der Waals surface area contributed by atoms with Gasteiger partial charge in [0.2, 0.25) is 0 Å². The number of benzene rings is 1. The number of rotatable bonds is 3. The van der Waals surface area contributed by atoms with Crippen LogP contribution in [0.3, 0.4) is 0 Å². The Morgan fingerprint density at radius 2 is 1.76 bits per heavy atom. The summed E-state index contributed by atoms with van der Waals surface area (Å²) in [6.45, 7) is 7.62. The molecule has 0 aliphatic rings. The van der Waals surface area contributed by atoms with E-state index in [0.717, 1.165) is 16.7 Å². The van der Waals surface area contributed by atoms with E-state index in [-0.39, 0.29) is 17.9 Å². The van der Waals surface area contributed by atoms with Crippen molar-refractivity contribution in [2.45, 2.75) is 34.2 Å². The fourth-order valence-electron chi connectivity index (χ4n) is 2.58. The Morgan fingerprint density at radius 3 is 2.33 bits per heavy atom. The van der Waals surface area contributed by atoms with Crippen molar-refractivity contribution in [3.63, 3.8) is 0 Å². The summed E-state index contributed by atoms with van der Waals surface area (Å²) in [4.78, 5) is 28.9. The zero-order chi connectivity index (χ0) is 15.7. The molecule has 110 valence electrons. The summed E-state index contributed by atoms with van der Waals surface area (Å²) in [6, 6.07) is 3.98. The first-order valence-corrected chi connectivity index (χ1v) is 7.72. The van der Waals surface area contributed by atoms with Crippen molar-refractivity contribution in [2.24, 2.45) is 0 Å². The molecule has 21 heavy (non-hydrogen) atoms. The monoisotopic (exact) mass is 396 g/mol. The minimum atomic E-state index is -0.168. The lowest BCUT2D eigenvalue weighted by atomic mass is 9.96.